The van der Waals surface area contributed by atoms with Crippen LogP contribution in [0.2, 0.25) is 0 Å². The van der Waals surface area contributed by atoms with Gasteiger partial charge in [-0.2, -0.15) is 0 Å². The summed E-state index contributed by atoms with van der Waals surface area (Å²) in [6, 6.07) is 0. The fourth-order valence-electron chi connectivity index (χ4n) is 7.11. The van der Waals surface area contributed by atoms with Gasteiger partial charge in [0.1, 0.15) is 13.2 Å². The molecule has 0 saturated carbocycles. The van der Waals surface area contributed by atoms with Crippen molar-refractivity contribution in [3.8, 4) is 0 Å². The van der Waals surface area contributed by atoms with Crippen LogP contribution < -0.4 is 0 Å². The number of unbranched alkanes of at least 4 members (excludes halogenated alkanes) is 27. The second-order valence-electron chi connectivity index (χ2n) is 17.3. The third kappa shape index (κ3) is 41.6. The van der Waals surface area contributed by atoms with E-state index >= 15 is 0 Å². The van der Waals surface area contributed by atoms with Gasteiger partial charge in [0, 0.05) is 19.3 Å². The van der Waals surface area contributed by atoms with Crippen LogP contribution in [0.25, 0.3) is 0 Å². The van der Waals surface area contributed by atoms with E-state index in [2.05, 4.69) is 34.6 Å². The molecule has 0 unspecified atom stereocenters. The second kappa shape index (κ2) is 41.1. The van der Waals surface area contributed by atoms with E-state index in [-0.39, 0.29) is 31.1 Å². The molecule has 6 heteroatoms. The van der Waals surface area contributed by atoms with Crippen molar-refractivity contribution in [2.75, 3.05) is 13.2 Å². The van der Waals surface area contributed by atoms with Crippen LogP contribution in [0.1, 0.15) is 259 Å². The lowest BCUT2D eigenvalue weighted by Crippen LogP contribution is -2.30. The predicted octanol–water partition coefficient (Wildman–Crippen LogP) is 15.0. The van der Waals surface area contributed by atoms with Crippen LogP contribution in [-0.4, -0.2) is 37.2 Å². The topological polar surface area (TPSA) is 78.9 Å². The molecule has 0 rings (SSSR count). The van der Waals surface area contributed by atoms with Crippen LogP contribution in [0.5, 0.6) is 0 Å². The first-order valence-electron chi connectivity index (χ1n) is 23.7. The number of ether oxygens (including phenoxy) is 3. The minimum atomic E-state index is -0.760. The minimum absolute atomic E-state index is 0.0647. The Kier molecular flexibility index (Phi) is 39.8. The highest BCUT2D eigenvalue weighted by Gasteiger charge is 2.19. The van der Waals surface area contributed by atoms with E-state index in [0.717, 1.165) is 69.6 Å². The number of hydrogen-bond donors (Lipinski definition) is 0. The molecule has 0 bridgehead atoms. The molecule has 54 heavy (non-hydrogen) atoms. The molecule has 0 fully saturated rings. The number of hydrogen-bond acceptors (Lipinski definition) is 6. The van der Waals surface area contributed by atoms with Crippen molar-refractivity contribution in [3.63, 3.8) is 0 Å². The summed E-state index contributed by atoms with van der Waals surface area (Å²) in [6.07, 6.45) is 39.4. The third-order valence-electron chi connectivity index (χ3n) is 10.7. The van der Waals surface area contributed by atoms with Gasteiger partial charge in [-0.25, -0.2) is 0 Å². The Labute approximate surface area is 336 Å². The Morgan fingerprint density at radius 1 is 0.352 bits per heavy atom. The lowest BCUT2D eigenvalue weighted by Gasteiger charge is -2.18. The van der Waals surface area contributed by atoms with Crippen LogP contribution in [0, 0.1) is 11.8 Å². The van der Waals surface area contributed by atoms with Gasteiger partial charge < -0.3 is 14.2 Å². The Morgan fingerprint density at radius 3 is 0.907 bits per heavy atom. The molecule has 0 heterocycles. The van der Waals surface area contributed by atoms with E-state index in [4.69, 9.17) is 14.2 Å². The van der Waals surface area contributed by atoms with Crippen LogP contribution in [0.3, 0.4) is 0 Å². The van der Waals surface area contributed by atoms with Gasteiger partial charge in [-0.05, 0) is 31.1 Å². The summed E-state index contributed by atoms with van der Waals surface area (Å²) >= 11 is 0. The van der Waals surface area contributed by atoms with E-state index in [0.29, 0.717) is 19.3 Å². The molecule has 0 aliphatic rings. The Balaban J connectivity index is 4.31. The highest BCUT2D eigenvalue weighted by Crippen LogP contribution is 2.17. The van der Waals surface area contributed by atoms with Gasteiger partial charge in [-0.3, -0.25) is 14.4 Å². The van der Waals surface area contributed by atoms with E-state index < -0.39 is 6.10 Å². The predicted molar refractivity (Wildman–Crippen MR) is 229 cm³/mol. The fourth-order valence-corrected chi connectivity index (χ4v) is 7.11. The summed E-state index contributed by atoms with van der Waals surface area (Å²) < 4.78 is 16.7. The molecular formula is C48H92O6. The molecule has 0 saturated heterocycles. The first-order chi connectivity index (χ1) is 26.2. The average Bonchev–Trinajstić information content (AvgIpc) is 3.14. The van der Waals surface area contributed by atoms with Crippen molar-refractivity contribution in [1.82, 2.24) is 0 Å². The number of rotatable bonds is 42. The fraction of sp³-hybridized carbons (Fsp3) is 0.938. The van der Waals surface area contributed by atoms with Gasteiger partial charge in [-0.15, -0.1) is 0 Å². The summed E-state index contributed by atoms with van der Waals surface area (Å²) in [6.45, 7) is 11.3. The average molecular weight is 765 g/mol. The molecule has 0 aromatic carbocycles. The van der Waals surface area contributed by atoms with E-state index in [1.165, 1.54) is 148 Å². The quantitative estimate of drug-likeness (QED) is 0.0350. The van der Waals surface area contributed by atoms with Crippen LogP contribution in [0.4, 0.5) is 0 Å². The van der Waals surface area contributed by atoms with Crippen LogP contribution >= 0.6 is 0 Å². The molecular weight excluding hydrogens is 673 g/mol. The van der Waals surface area contributed by atoms with E-state index in [1.54, 1.807) is 0 Å². The van der Waals surface area contributed by atoms with Crippen LogP contribution in [-0.2, 0) is 28.6 Å². The second-order valence-corrected chi connectivity index (χ2v) is 17.3. The monoisotopic (exact) mass is 765 g/mol. The molecule has 6 nitrogen and oxygen atoms in total. The smallest absolute Gasteiger partial charge is 0.306 e. The van der Waals surface area contributed by atoms with Crippen LogP contribution in [0.15, 0.2) is 0 Å². The molecule has 0 amide bonds. The lowest BCUT2D eigenvalue weighted by atomic mass is 10.0. The maximum atomic E-state index is 12.7. The Morgan fingerprint density at radius 2 is 0.611 bits per heavy atom. The van der Waals surface area contributed by atoms with E-state index in [9.17, 15) is 14.4 Å². The van der Waals surface area contributed by atoms with Crippen molar-refractivity contribution in [2.24, 2.45) is 11.8 Å². The first kappa shape index (κ1) is 52.4. The summed E-state index contributed by atoms with van der Waals surface area (Å²) in [7, 11) is 0. The first-order valence-corrected chi connectivity index (χ1v) is 23.7. The molecule has 0 aromatic rings. The zero-order valence-corrected chi connectivity index (χ0v) is 36.8. The SMILES string of the molecule is CCCCCCCCCCCC(=O)OC[C@@H](COC(=O)CCCCCCCCCCCCC(C)C)OC(=O)CCCCCCCCCCCCCC(C)C. The summed E-state index contributed by atoms with van der Waals surface area (Å²) in [5, 5.41) is 0. The van der Waals surface area contributed by atoms with E-state index in [1.807, 2.05) is 0 Å². The minimum Gasteiger partial charge on any atom is -0.462 e. The standard InChI is InChI=1S/C48H92O6/c1-6-7-8-9-10-16-23-28-33-38-46(49)52-41-45(42-53-47(50)39-34-29-24-19-15-14-18-22-27-32-37-44(4)5)54-48(51)40-35-30-25-20-13-11-12-17-21-26-31-36-43(2)3/h43-45H,6-42H2,1-5H3/t45-/m0/s1. The summed E-state index contributed by atoms with van der Waals surface area (Å²) in [4.78, 5) is 37.7. The van der Waals surface area contributed by atoms with Gasteiger partial charge in [-0.1, -0.05) is 221 Å². The maximum Gasteiger partial charge on any atom is 0.306 e. The number of carbonyl (C=O) groups is 3. The van der Waals surface area contributed by atoms with Crippen molar-refractivity contribution < 1.29 is 28.6 Å². The Hall–Kier alpha value is -1.59. The molecule has 0 aliphatic heterocycles. The highest BCUT2D eigenvalue weighted by molar-refractivity contribution is 5.71. The largest absolute Gasteiger partial charge is 0.462 e. The third-order valence-corrected chi connectivity index (χ3v) is 10.7. The summed E-state index contributed by atoms with van der Waals surface area (Å²) in [5.74, 6) is 0.786. The maximum absolute atomic E-state index is 12.7. The van der Waals surface area contributed by atoms with Crippen molar-refractivity contribution >= 4 is 17.9 Å². The normalized spacial score (nSPS) is 12.1. The number of carbonyl (C=O) groups excluding carboxylic acids is 3. The summed E-state index contributed by atoms with van der Waals surface area (Å²) in [5.41, 5.74) is 0. The molecule has 0 spiro atoms. The molecule has 0 N–H and O–H groups in total. The number of esters is 3. The van der Waals surface area contributed by atoms with Gasteiger partial charge in [0.15, 0.2) is 6.10 Å². The molecule has 320 valence electrons. The van der Waals surface area contributed by atoms with Gasteiger partial charge in [0.25, 0.3) is 0 Å². The lowest BCUT2D eigenvalue weighted by molar-refractivity contribution is -0.167. The molecule has 0 radical (unpaired) electrons. The van der Waals surface area contributed by atoms with Gasteiger partial charge >= 0.3 is 17.9 Å². The molecule has 1 atom stereocenters. The van der Waals surface area contributed by atoms with Crippen molar-refractivity contribution in [3.05, 3.63) is 0 Å². The van der Waals surface area contributed by atoms with Gasteiger partial charge in [0.05, 0.1) is 0 Å². The zero-order chi connectivity index (χ0) is 39.7. The van der Waals surface area contributed by atoms with Crippen molar-refractivity contribution in [2.45, 2.75) is 265 Å². The highest BCUT2D eigenvalue weighted by atomic mass is 16.6. The van der Waals surface area contributed by atoms with Gasteiger partial charge in [0.2, 0.25) is 0 Å². The Bertz CT molecular complexity index is 824. The molecule has 0 aliphatic carbocycles. The molecule has 0 aromatic heterocycles. The zero-order valence-electron chi connectivity index (χ0n) is 36.8. The van der Waals surface area contributed by atoms with Crippen molar-refractivity contribution in [1.29, 1.82) is 0 Å².